The van der Waals surface area contributed by atoms with E-state index in [4.69, 9.17) is 5.73 Å². The molecule has 4 heteroatoms. The van der Waals surface area contributed by atoms with Crippen molar-refractivity contribution in [1.29, 1.82) is 0 Å². The minimum absolute atomic E-state index is 0.442. The van der Waals surface area contributed by atoms with Crippen molar-refractivity contribution >= 4 is 11.3 Å². The van der Waals surface area contributed by atoms with Gasteiger partial charge in [-0.15, -0.1) is 11.3 Å². The average molecular weight is 308 g/mol. The zero-order valence-electron chi connectivity index (χ0n) is 13.3. The molecule has 1 aromatic rings. The van der Waals surface area contributed by atoms with Crippen LogP contribution in [0.1, 0.15) is 42.2 Å². The standard InChI is InChI=1S/C17H29N3S/c1-14-6-11-21-17(14)16(12-18)20-9-4-15(5-10-20)13-19-7-2-3-8-19/h6,11,15-16H,2-5,7-10,12-13,18H2,1H3. The van der Waals surface area contributed by atoms with E-state index in [-0.39, 0.29) is 0 Å². The van der Waals surface area contributed by atoms with Crippen LogP contribution in [-0.2, 0) is 0 Å². The number of thiophene rings is 1. The first-order valence-electron chi connectivity index (χ1n) is 8.48. The van der Waals surface area contributed by atoms with Gasteiger partial charge >= 0.3 is 0 Å². The van der Waals surface area contributed by atoms with E-state index in [0.29, 0.717) is 6.04 Å². The molecule has 0 aliphatic carbocycles. The van der Waals surface area contributed by atoms with Crippen LogP contribution in [0.15, 0.2) is 11.4 Å². The van der Waals surface area contributed by atoms with Crippen molar-refractivity contribution in [2.75, 3.05) is 39.3 Å². The van der Waals surface area contributed by atoms with Crippen LogP contribution in [0.25, 0.3) is 0 Å². The third kappa shape index (κ3) is 3.67. The molecular formula is C17H29N3S. The molecule has 3 heterocycles. The quantitative estimate of drug-likeness (QED) is 0.908. The van der Waals surface area contributed by atoms with E-state index in [1.54, 1.807) is 0 Å². The fourth-order valence-corrected chi connectivity index (χ4v) is 5.00. The van der Waals surface area contributed by atoms with Gasteiger partial charge in [0.25, 0.3) is 0 Å². The molecule has 2 fully saturated rings. The number of piperidine rings is 1. The highest BCUT2D eigenvalue weighted by Crippen LogP contribution is 2.31. The second kappa shape index (κ2) is 7.23. The predicted molar refractivity (Wildman–Crippen MR) is 90.8 cm³/mol. The van der Waals surface area contributed by atoms with Crippen LogP contribution in [0.2, 0.25) is 0 Å². The molecule has 2 aliphatic rings. The van der Waals surface area contributed by atoms with E-state index >= 15 is 0 Å². The zero-order valence-corrected chi connectivity index (χ0v) is 14.1. The summed E-state index contributed by atoms with van der Waals surface area (Å²) in [6.07, 6.45) is 5.51. The van der Waals surface area contributed by atoms with Crippen LogP contribution in [0.5, 0.6) is 0 Å². The molecule has 1 unspecified atom stereocenters. The van der Waals surface area contributed by atoms with E-state index in [2.05, 4.69) is 28.2 Å². The van der Waals surface area contributed by atoms with Gasteiger partial charge in [0.1, 0.15) is 0 Å². The van der Waals surface area contributed by atoms with Crippen molar-refractivity contribution in [3.63, 3.8) is 0 Å². The van der Waals surface area contributed by atoms with Gasteiger partial charge in [-0.1, -0.05) is 0 Å². The number of likely N-dealkylation sites (tertiary alicyclic amines) is 2. The Morgan fingerprint density at radius 3 is 2.52 bits per heavy atom. The lowest BCUT2D eigenvalue weighted by molar-refractivity contribution is 0.119. The number of hydrogen-bond donors (Lipinski definition) is 1. The predicted octanol–water partition coefficient (Wildman–Crippen LogP) is 2.86. The Kier molecular flexibility index (Phi) is 5.33. The van der Waals surface area contributed by atoms with Gasteiger partial charge in [0.05, 0.1) is 6.04 Å². The summed E-state index contributed by atoms with van der Waals surface area (Å²) in [7, 11) is 0. The highest BCUT2D eigenvalue weighted by atomic mass is 32.1. The molecule has 0 amide bonds. The Labute approximate surface area is 133 Å². The van der Waals surface area contributed by atoms with Crippen LogP contribution in [0, 0.1) is 12.8 Å². The average Bonchev–Trinajstić information content (AvgIpc) is 3.14. The molecular weight excluding hydrogens is 278 g/mol. The van der Waals surface area contributed by atoms with Gasteiger partial charge in [0.2, 0.25) is 0 Å². The van der Waals surface area contributed by atoms with Crippen molar-refractivity contribution in [2.24, 2.45) is 11.7 Å². The second-order valence-corrected chi connectivity index (χ2v) is 7.65. The minimum atomic E-state index is 0.442. The van der Waals surface area contributed by atoms with Crippen LogP contribution in [0.3, 0.4) is 0 Å². The molecule has 0 saturated carbocycles. The van der Waals surface area contributed by atoms with Crippen molar-refractivity contribution in [3.8, 4) is 0 Å². The normalized spacial score (nSPS) is 23.7. The smallest absolute Gasteiger partial charge is 0.0566 e. The van der Waals surface area contributed by atoms with Crippen LogP contribution < -0.4 is 5.73 Å². The second-order valence-electron chi connectivity index (χ2n) is 6.71. The molecule has 3 nitrogen and oxygen atoms in total. The third-order valence-electron chi connectivity index (χ3n) is 5.23. The molecule has 3 rings (SSSR count). The number of nitrogens with zero attached hydrogens (tertiary/aromatic N) is 2. The first-order chi connectivity index (χ1) is 10.3. The van der Waals surface area contributed by atoms with Gasteiger partial charge in [-0.3, -0.25) is 4.90 Å². The Morgan fingerprint density at radius 2 is 1.95 bits per heavy atom. The van der Waals surface area contributed by atoms with Gasteiger partial charge in [-0.2, -0.15) is 0 Å². The monoisotopic (exact) mass is 307 g/mol. The van der Waals surface area contributed by atoms with E-state index in [0.717, 1.165) is 12.5 Å². The molecule has 0 radical (unpaired) electrons. The van der Waals surface area contributed by atoms with Crippen LogP contribution in [-0.4, -0.2) is 49.1 Å². The lowest BCUT2D eigenvalue weighted by atomic mass is 9.94. The molecule has 0 bridgehead atoms. The molecule has 0 aromatic carbocycles. The molecule has 2 N–H and O–H groups in total. The Balaban J connectivity index is 1.53. The van der Waals surface area contributed by atoms with Crippen LogP contribution in [0.4, 0.5) is 0 Å². The maximum absolute atomic E-state index is 6.09. The molecule has 1 atom stereocenters. The Hall–Kier alpha value is -0.420. The summed E-state index contributed by atoms with van der Waals surface area (Å²) in [6, 6.07) is 2.67. The lowest BCUT2D eigenvalue weighted by Crippen LogP contribution is -2.42. The molecule has 2 aliphatic heterocycles. The van der Waals surface area contributed by atoms with Gasteiger partial charge in [-0.05, 0) is 81.7 Å². The van der Waals surface area contributed by atoms with Gasteiger partial charge in [0.15, 0.2) is 0 Å². The number of nitrogens with two attached hydrogens (primary N) is 1. The summed E-state index contributed by atoms with van der Waals surface area (Å²) in [6.45, 7) is 9.40. The van der Waals surface area contributed by atoms with E-state index in [9.17, 15) is 0 Å². The summed E-state index contributed by atoms with van der Waals surface area (Å²) < 4.78 is 0. The summed E-state index contributed by atoms with van der Waals surface area (Å²) in [5.74, 6) is 0.905. The van der Waals surface area contributed by atoms with Crippen molar-refractivity contribution in [1.82, 2.24) is 9.80 Å². The van der Waals surface area contributed by atoms with E-state index < -0.39 is 0 Å². The first kappa shape index (κ1) is 15.5. The van der Waals surface area contributed by atoms with Gasteiger partial charge < -0.3 is 10.6 Å². The Morgan fingerprint density at radius 1 is 1.24 bits per heavy atom. The van der Waals surface area contributed by atoms with Crippen molar-refractivity contribution in [3.05, 3.63) is 21.9 Å². The van der Waals surface area contributed by atoms with E-state index in [1.165, 1.54) is 68.8 Å². The third-order valence-corrected chi connectivity index (χ3v) is 6.35. The van der Waals surface area contributed by atoms with Crippen molar-refractivity contribution in [2.45, 2.75) is 38.6 Å². The summed E-state index contributed by atoms with van der Waals surface area (Å²) >= 11 is 1.87. The van der Waals surface area contributed by atoms with Crippen LogP contribution >= 0.6 is 11.3 Å². The Bertz CT molecular complexity index is 431. The largest absolute Gasteiger partial charge is 0.329 e. The van der Waals surface area contributed by atoms with Gasteiger partial charge in [0, 0.05) is 18.0 Å². The molecule has 118 valence electrons. The summed E-state index contributed by atoms with van der Waals surface area (Å²) in [5, 5.41) is 2.20. The first-order valence-corrected chi connectivity index (χ1v) is 9.36. The maximum Gasteiger partial charge on any atom is 0.0566 e. The topological polar surface area (TPSA) is 32.5 Å². The molecule has 0 spiro atoms. The number of hydrogen-bond acceptors (Lipinski definition) is 4. The SMILES string of the molecule is Cc1ccsc1C(CN)N1CCC(CN2CCCC2)CC1. The summed E-state index contributed by atoms with van der Waals surface area (Å²) in [5.41, 5.74) is 7.50. The fraction of sp³-hybridized carbons (Fsp3) is 0.765. The zero-order chi connectivity index (χ0) is 14.7. The highest BCUT2D eigenvalue weighted by Gasteiger charge is 2.28. The van der Waals surface area contributed by atoms with E-state index in [1.807, 2.05) is 11.3 Å². The van der Waals surface area contributed by atoms with Crippen molar-refractivity contribution < 1.29 is 0 Å². The number of rotatable bonds is 5. The number of aryl methyl sites for hydroxylation is 1. The fourth-order valence-electron chi connectivity index (χ4n) is 3.93. The highest BCUT2D eigenvalue weighted by molar-refractivity contribution is 7.10. The molecule has 21 heavy (non-hydrogen) atoms. The summed E-state index contributed by atoms with van der Waals surface area (Å²) in [4.78, 5) is 6.78. The minimum Gasteiger partial charge on any atom is -0.329 e. The maximum atomic E-state index is 6.09. The van der Waals surface area contributed by atoms with Gasteiger partial charge in [-0.25, -0.2) is 0 Å². The lowest BCUT2D eigenvalue weighted by Gasteiger charge is -2.38. The molecule has 1 aromatic heterocycles. The molecule has 2 saturated heterocycles.